The molecule has 1 aromatic rings. The third-order valence-corrected chi connectivity index (χ3v) is 4.88. The van der Waals surface area contributed by atoms with Gasteiger partial charge in [0.1, 0.15) is 6.04 Å². The van der Waals surface area contributed by atoms with Crippen molar-refractivity contribution in [1.82, 2.24) is 15.1 Å². The maximum atomic E-state index is 12.5. The number of nitrogens with zero attached hydrogens (tertiary/aromatic N) is 1. The van der Waals surface area contributed by atoms with E-state index in [4.69, 9.17) is 5.21 Å². The quantitative estimate of drug-likeness (QED) is 0.496. The highest BCUT2D eigenvalue weighted by Gasteiger charge is 2.37. The largest absolute Gasteiger partial charge is 0.313 e. The van der Waals surface area contributed by atoms with Crippen molar-refractivity contribution in [2.45, 2.75) is 10.9 Å². The van der Waals surface area contributed by atoms with E-state index in [0.717, 1.165) is 4.31 Å². The Balaban J connectivity index is 2.35. The lowest BCUT2D eigenvalue weighted by molar-refractivity contribution is -0.133. The van der Waals surface area contributed by atoms with Gasteiger partial charge in [-0.3, -0.25) is 10.0 Å². The molecule has 1 aromatic carbocycles. The minimum absolute atomic E-state index is 0.132. The van der Waals surface area contributed by atoms with Gasteiger partial charge < -0.3 is 5.32 Å². The van der Waals surface area contributed by atoms with Gasteiger partial charge in [0, 0.05) is 19.6 Å². The summed E-state index contributed by atoms with van der Waals surface area (Å²) in [6, 6.07) is 6.96. The summed E-state index contributed by atoms with van der Waals surface area (Å²) in [5.41, 5.74) is 1.50. The Kier molecular flexibility index (Phi) is 4.15. The summed E-state index contributed by atoms with van der Waals surface area (Å²) >= 11 is 0. The fourth-order valence-corrected chi connectivity index (χ4v) is 3.61. The van der Waals surface area contributed by atoms with Gasteiger partial charge in [0.15, 0.2) is 0 Å². The predicted molar refractivity (Wildman–Crippen MR) is 66.9 cm³/mol. The molecule has 1 aliphatic rings. The Hall–Kier alpha value is -1.48. The predicted octanol–water partition coefficient (Wildman–Crippen LogP) is -0.845. The first kappa shape index (κ1) is 13.9. The molecule has 0 bridgehead atoms. The van der Waals surface area contributed by atoms with E-state index in [1.54, 1.807) is 18.2 Å². The van der Waals surface area contributed by atoms with Crippen LogP contribution < -0.4 is 10.8 Å². The lowest BCUT2D eigenvalue weighted by Gasteiger charge is -2.33. The first-order valence-corrected chi connectivity index (χ1v) is 7.23. The molecule has 3 N–H and O–H groups in total. The van der Waals surface area contributed by atoms with Crippen LogP contribution in [0.25, 0.3) is 0 Å². The molecule has 1 aliphatic heterocycles. The Morgan fingerprint density at radius 3 is 2.68 bits per heavy atom. The zero-order chi connectivity index (χ0) is 13.9. The Labute approximate surface area is 111 Å². The van der Waals surface area contributed by atoms with Crippen LogP contribution in [-0.2, 0) is 14.8 Å². The number of carbonyl (C=O) groups excluding carboxylic acids is 1. The standard InChI is InChI=1S/C11H15N3O4S/c15-11(13-16)10-8-12-6-7-14(10)19(17,18)9-4-2-1-3-5-9/h1-5,10,12,16H,6-8H2,(H,13,15). The van der Waals surface area contributed by atoms with Crippen LogP contribution in [0.5, 0.6) is 0 Å². The fraction of sp³-hybridized carbons (Fsp3) is 0.364. The molecule has 0 radical (unpaired) electrons. The summed E-state index contributed by atoms with van der Waals surface area (Å²) in [5.74, 6) is -0.744. The molecule has 1 atom stereocenters. The molecule has 8 heteroatoms. The van der Waals surface area contributed by atoms with Gasteiger partial charge in [-0.25, -0.2) is 13.9 Å². The lowest BCUT2D eigenvalue weighted by atomic mass is 10.2. The monoisotopic (exact) mass is 285 g/mol. The summed E-state index contributed by atoms with van der Waals surface area (Å²) in [6.45, 7) is 0.801. The van der Waals surface area contributed by atoms with Crippen LogP contribution in [0, 0.1) is 0 Å². The van der Waals surface area contributed by atoms with Crippen LogP contribution in [0.15, 0.2) is 35.2 Å². The number of sulfonamides is 1. The topological polar surface area (TPSA) is 98.7 Å². The number of amides is 1. The molecule has 1 fully saturated rings. The van der Waals surface area contributed by atoms with E-state index in [0.29, 0.717) is 6.54 Å². The molecule has 1 saturated heterocycles. The van der Waals surface area contributed by atoms with Gasteiger partial charge in [0.2, 0.25) is 10.0 Å². The summed E-state index contributed by atoms with van der Waals surface area (Å²) in [5, 5.41) is 11.6. The zero-order valence-corrected chi connectivity index (χ0v) is 10.9. The first-order valence-electron chi connectivity index (χ1n) is 5.79. The van der Waals surface area contributed by atoms with E-state index in [1.807, 2.05) is 0 Å². The molecule has 1 amide bonds. The van der Waals surface area contributed by atoms with E-state index in [1.165, 1.54) is 17.6 Å². The van der Waals surface area contributed by atoms with Crippen LogP contribution in [-0.4, -0.2) is 49.5 Å². The third-order valence-electron chi connectivity index (χ3n) is 2.96. The molecule has 7 nitrogen and oxygen atoms in total. The van der Waals surface area contributed by atoms with Crippen molar-refractivity contribution in [1.29, 1.82) is 0 Å². The van der Waals surface area contributed by atoms with Crippen molar-refractivity contribution in [2.24, 2.45) is 0 Å². The second-order valence-electron chi connectivity index (χ2n) is 4.12. The van der Waals surface area contributed by atoms with Crippen LogP contribution >= 0.6 is 0 Å². The molecule has 0 spiro atoms. The molecule has 0 aromatic heterocycles. The first-order chi connectivity index (χ1) is 9.07. The maximum absolute atomic E-state index is 12.5. The number of carbonyl (C=O) groups is 1. The number of benzene rings is 1. The van der Waals surface area contributed by atoms with Crippen LogP contribution in [0.1, 0.15) is 0 Å². The lowest BCUT2D eigenvalue weighted by Crippen LogP contribution is -2.59. The van der Waals surface area contributed by atoms with Crippen molar-refractivity contribution in [3.63, 3.8) is 0 Å². The molecule has 0 saturated carbocycles. The van der Waals surface area contributed by atoms with E-state index in [9.17, 15) is 13.2 Å². The number of hydroxylamine groups is 1. The summed E-state index contributed by atoms with van der Waals surface area (Å²) in [7, 11) is -3.74. The van der Waals surface area contributed by atoms with Crippen LogP contribution in [0.4, 0.5) is 0 Å². The molecule has 0 aliphatic carbocycles. The van der Waals surface area contributed by atoms with Gasteiger partial charge in [-0.05, 0) is 12.1 Å². The second kappa shape index (κ2) is 5.66. The second-order valence-corrected chi connectivity index (χ2v) is 6.02. The van der Waals surface area contributed by atoms with Crippen molar-refractivity contribution in [3.05, 3.63) is 30.3 Å². The minimum Gasteiger partial charge on any atom is -0.313 e. The zero-order valence-electron chi connectivity index (χ0n) is 10.1. The van der Waals surface area contributed by atoms with Gasteiger partial charge >= 0.3 is 0 Å². The van der Waals surface area contributed by atoms with Crippen molar-refractivity contribution < 1.29 is 18.4 Å². The molecule has 104 valence electrons. The van der Waals surface area contributed by atoms with Crippen LogP contribution in [0.2, 0.25) is 0 Å². The highest BCUT2D eigenvalue weighted by atomic mass is 32.2. The Bertz CT molecular complexity index is 546. The molecule has 1 heterocycles. The highest BCUT2D eigenvalue weighted by Crippen LogP contribution is 2.19. The smallest absolute Gasteiger partial charge is 0.263 e. The summed E-state index contributed by atoms with van der Waals surface area (Å²) in [4.78, 5) is 11.7. The van der Waals surface area contributed by atoms with Crippen molar-refractivity contribution >= 4 is 15.9 Å². The van der Waals surface area contributed by atoms with Gasteiger partial charge in [-0.2, -0.15) is 4.31 Å². The van der Waals surface area contributed by atoms with E-state index in [-0.39, 0.29) is 18.0 Å². The number of nitrogens with one attached hydrogen (secondary N) is 2. The number of hydrogen-bond acceptors (Lipinski definition) is 5. The van der Waals surface area contributed by atoms with Gasteiger partial charge in [0.05, 0.1) is 4.90 Å². The average Bonchev–Trinajstić information content (AvgIpc) is 2.47. The van der Waals surface area contributed by atoms with Crippen LogP contribution in [0.3, 0.4) is 0 Å². The normalized spacial score (nSPS) is 21.0. The fourth-order valence-electron chi connectivity index (χ4n) is 2.00. The van der Waals surface area contributed by atoms with Gasteiger partial charge in [0.25, 0.3) is 5.91 Å². The van der Waals surface area contributed by atoms with Gasteiger partial charge in [-0.1, -0.05) is 18.2 Å². The SMILES string of the molecule is O=C(NO)C1CNCCN1S(=O)(=O)c1ccccc1. The van der Waals surface area contributed by atoms with E-state index >= 15 is 0 Å². The molecule has 1 unspecified atom stereocenters. The van der Waals surface area contributed by atoms with Gasteiger partial charge in [-0.15, -0.1) is 0 Å². The third kappa shape index (κ3) is 2.76. The minimum atomic E-state index is -3.74. The highest BCUT2D eigenvalue weighted by molar-refractivity contribution is 7.89. The number of hydrogen-bond donors (Lipinski definition) is 3. The Morgan fingerprint density at radius 1 is 1.37 bits per heavy atom. The summed E-state index contributed by atoms with van der Waals surface area (Å²) in [6.07, 6.45) is 0. The average molecular weight is 285 g/mol. The molecule has 19 heavy (non-hydrogen) atoms. The van der Waals surface area contributed by atoms with E-state index in [2.05, 4.69) is 5.32 Å². The number of piperazine rings is 1. The van der Waals surface area contributed by atoms with E-state index < -0.39 is 22.0 Å². The molecule has 2 rings (SSSR count). The van der Waals surface area contributed by atoms with Crippen molar-refractivity contribution in [2.75, 3.05) is 19.6 Å². The molecular weight excluding hydrogens is 270 g/mol. The maximum Gasteiger partial charge on any atom is 0.263 e. The Morgan fingerprint density at radius 2 is 2.05 bits per heavy atom. The van der Waals surface area contributed by atoms with Crippen molar-refractivity contribution in [3.8, 4) is 0 Å². The summed E-state index contributed by atoms with van der Waals surface area (Å²) < 4.78 is 26.0. The number of rotatable bonds is 3. The molecular formula is C11H15N3O4S.